The number of halogens is 2. The van der Waals surface area contributed by atoms with Crippen LogP contribution in [0.15, 0.2) is 89.8 Å². The first kappa shape index (κ1) is 23.5. The lowest BCUT2D eigenvalue weighted by atomic mass is 10.0. The van der Waals surface area contributed by atoms with E-state index in [1.807, 2.05) is 66.7 Å². The zero-order chi connectivity index (χ0) is 24.4. The molecule has 174 valence electrons. The number of benzene rings is 4. The van der Waals surface area contributed by atoms with Gasteiger partial charge in [-0.25, -0.2) is 0 Å². The Morgan fingerprint density at radius 2 is 1.60 bits per heavy atom. The topological polar surface area (TPSA) is 46.6 Å². The van der Waals surface area contributed by atoms with Gasteiger partial charge in [-0.2, -0.15) is 0 Å². The number of carbonyl (C=O) groups excluding carboxylic acids is 2. The minimum Gasteiger partial charge on any atom is -0.488 e. The van der Waals surface area contributed by atoms with E-state index in [0.717, 1.165) is 39.2 Å². The molecule has 5 rings (SSSR count). The van der Waals surface area contributed by atoms with Gasteiger partial charge in [0.25, 0.3) is 11.1 Å². The van der Waals surface area contributed by atoms with Gasteiger partial charge in [0.1, 0.15) is 12.4 Å². The molecule has 1 aliphatic heterocycles. The molecular weight excluding hydrogens is 501 g/mol. The largest absolute Gasteiger partial charge is 0.488 e. The molecule has 0 atom stereocenters. The Kier molecular flexibility index (Phi) is 6.82. The van der Waals surface area contributed by atoms with Gasteiger partial charge < -0.3 is 4.74 Å². The summed E-state index contributed by atoms with van der Waals surface area (Å²) in [4.78, 5) is 27.5. The van der Waals surface area contributed by atoms with Crippen molar-refractivity contribution in [1.82, 2.24) is 4.90 Å². The smallest absolute Gasteiger partial charge is 0.293 e. The van der Waals surface area contributed by atoms with E-state index in [1.165, 1.54) is 4.90 Å². The number of thioether (sulfide) groups is 1. The minimum atomic E-state index is -0.354. The van der Waals surface area contributed by atoms with Gasteiger partial charge >= 0.3 is 0 Å². The lowest BCUT2D eigenvalue weighted by Crippen LogP contribution is -2.27. The van der Waals surface area contributed by atoms with Crippen molar-refractivity contribution in [1.29, 1.82) is 0 Å². The third-order valence-electron chi connectivity index (χ3n) is 5.64. The Morgan fingerprint density at radius 1 is 0.829 bits per heavy atom. The van der Waals surface area contributed by atoms with Crippen LogP contribution in [0, 0.1) is 0 Å². The van der Waals surface area contributed by atoms with Gasteiger partial charge in [-0.15, -0.1) is 0 Å². The van der Waals surface area contributed by atoms with E-state index in [1.54, 1.807) is 24.3 Å². The summed E-state index contributed by atoms with van der Waals surface area (Å²) in [7, 11) is 0. The summed E-state index contributed by atoms with van der Waals surface area (Å²) in [5.41, 5.74) is 2.52. The molecule has 0 unspecified atom stereocenters. The molecule has 35 heavy (non-hydrogen) atoms. The molecule has 7 heteroatoms. The van der Waals surface area contributed by atoms with E-state index in [4.69, 9.17) is 27.9 Å². The number of rotatable bonds is 6. The summed E-state index contributed by atoms with van der Waals surface area (Å²) in [5.74, 6) is 0.289. The number of nitrogens with zero attached hydrogens (tertiary/aromatic N) is 1. The van der Waals surface area contributed by atoms with Gasteiger partial charge in [-0.05, 0) is 57.9 Å². The van der Waals surface area contributed by atoms with Crippen LogP contribution in [0.4, 0.5) is 4.79 Å². The Bertz CT molecular complexity index is 1470. The fraction of sp³-hybridized carbons (Fsp3) is 0.0714. The van der Waals surface area contributed by atoms with Crippen molar-refractivity contribution in [2.24, 2.45) is 0 Å². The van der Waals surface area contributed by atoms with Gasteiger partial charge in [-0.1, -0.05) is 89.9 Å². The number of fused-ring (bicyclic) bond motifs is 1. The van der Waals surface area contributed by atoms with E-state index in [2.05, 4.69) is 0 Å². The van der Waals surface area contributed by atoms with Crippen molar-refractivity contribution in [3.63, 3.8) is 0 Å². The van der Waals surface area contributed by atoms with E-state index in [9.17, 15) is 9.59 Å². The van der Waals surface area contributed by atoms with E-state index in [0.29, 0.717) is 27.3 Å². The van der Waals surface area contributed by atoms with Crippen LogP contribution >= 0.6 is 35.0 Å². The van der Waals surface area contributed by atoms with Crippen LogP contribution < -0.4 is 4.74 Å². The summed E-state index contributed by atoms with van der Waals surface area (Å²) < 4.78 is 6.16. The van der Waals surface area contributed by atoms with Crippen LogP contribution in [0.1, 0.15) is 16.7 Å². The van der Waals surface area contributed by atoms with Crippen LogP contribution in [-0.2, 0) is 17.9 Å². The summed E-state index contributed by atoms with van der Waals surface area (Å²) >= 11 is 13.0. The summed E-state index contributed by atoms with van der Waals surface area (Å²) in [6, 6.07) is 26.7. The Balaban J connectivity index is 1.47. The SMILES string of the molecule is O=C1S/C(=C/c2c(OCc3ccccc3)ccc3ccccc23)C(=O)N1Cc1ccc(Cl)c(Cl)c1. The summed E-state index contributed by atoms with van der Waals surface area (Å²) in [6.07, 6.45) is 1.75. The average Bonchev–Trinajstić information content (AvgIpc) is 3.13. The van der Waals surface area contributed by atoms with Crippen molar-refractivity contribution in [2.45, 2.75) is 13.2 Å². The molecule has 0 saturated carbocycles. The second-order valence-electron chi connectivity index (χ2n) is 7.99. The first-order valence-corrected chi connectivity index (χ1v) is 12.4. The molecule has 0 N–H and O–H groups in total. The number of hydrogen-bond acceptors (Lipinski definition) is 4. The van der Waals surface area contributed by atoms with Gasteiger partial charge in [0.15, 0.2) is 0 Å². The van der Waals surface area contributed by atoms with Crippen LogP contribution in [0.5, 0.6) is 5.75 Å². The molecule has 4 nitrogen and oxygen atoms in total. The van der Waals surface area contributed by atoms with E-state index in [-0.39, 0.29) is 17.7 Å². The lowest BCUT2D eigenvalue weighted by molar-refractivity contribution is -0.123. The molecule has 0 aliphatic carbocycles. The molecule has 0 bridgehead atoms. The average molecular weight is 520 g/mol. The molecule has 1 fully saturated rings. The molecule has 4 aromatic carbocycles. The van der Waals surface area contributed by atoms with Gasteiger partial charge in [0.2, 0.25) is 0 Å². The molecule has 1 aliphatic rings. The molecule has 2 amide bonds. The molecule has 0 aromatic heterocycles. The Morgan fingerprint density at radius 3 is 2.40 bits per heavy atom. The summed E-state index contributed by atoms with van der Waals surface area (Å²) in [6.45, 7) is 0.505. The standard InChI is InChI=1S/C28H19Cl2NO3S/c29-23-12-10-19(14-24(23)30)16-31-27(32)26(35-28(31)33)15-22-21-9-5-4-8-20(21)11-13-25(22)34-17-18-6-2-1-3-7-18/h1-15H,16-17H2/b26-15+. The van der Waals surface area contributed by atoms with Crippen LogP contribution in [-0.4, -0.2) is 16.0 Å². The maximum atomic E-state index is 13.2. The molecule has 4 aromatic rings. The van der Waals surface area contributed by atoms with Crippen molar-refractivity contribution >= 4 is 63.0 Å². The van der Waals surface area contributed by atoms with Crippen LogP contribution in [0.3, 0.4) is 0 Å². The Hall–Kier alpha value is -3.25. The fourth-order valence-electron chi connectivity index (χ4n) is 3.87. The number of carbonyl (C=O) groups is 2. The molecule has 1 saturated heterocycles. The molecule has 1 heterocycles. The predicted molar refractivity (Wildman–Crippen MR) is 143 cm³/mol. The normalized spacial score (nSPS) is 14.8. The van der Waals surface area contributed by atoms with Crippen LogP contribution in [0.2, 0.25) is 10.0 Å². The predicted octanol–water partition coefficient (Wildman–Crippen LogP) is 7.96. The van der Waals surface area contributed by atoms with Crippen molar-refractivity contribution < 1.29 is 14.3 Å². The van der Waals surface area contributed by atoms with Crippen molar-refractivity contribution in [3.05, 3.63) is 117 Å². The van der Waals surface area contributed by atoms with Gasteiger partial charge in [-0.3, -0.25) is 14.5 Å². The lowest BCUT2D eigenvalue weighted by Gasteiger charge is -2.14. The first-order chi connectivity index (χ1) is 17.0. The second-order valence-corrected chi connectivity index (χ2v) is 9.80. The van der Waals surface area contributed by atoms with E-state index >= 15 is 0 Å². The zero-order valence-corrected chi connectivity index (χ0v) is 20.7. The molecular formula is C28H19Cl2NO3S. The highest BCUT2D eigenvalue weighted by Crippen LogP contribution is 2.38. The number of imide groups is 1. The second kappa shape index (κ2) is 10.2. The van der Waals surface area contributed by atoms with Gasteiger partial charge in [0.05, 0.1) is 21.5 Å². The molecule has 0 spiro atoms. The third-order valence-corrected chi connectivity index (χ3v) is 7.29. The fourth-order valence-corrected chi connectivity index (χ4v) is 5.01. The number of hydrogen-bond donors (Lipinski definition) is 0. The number of amides is 2. The monoisotopic (exact) mass is 519 g/mol. The van der Waals surface area contributed by atoms with Gasteiger partial charge in [0, 0.05) is 5.56 Å². The highest BCUT2D eigenvalue weighted by molar-refractivity contribution is 8.18. The maximum absolute atomic E-state index is 13.2. The third kappa shape index (κ3) is 5.08. The van der Waals surface area contributed by atoms with Crippen molar-refractivity contribution in [3.8, 4) is 5.75 Å². The van der Waals surface area contributed by atoms with Crippen molar-refractivity contribution in [2.75, 3.05) is 0 Å². The summed E-state index contributed by atoms with van der Waals surface area (Å²) in [5, 5.41) is 2.42. The molecule has 0 radical (unpaired) electrons. The zero-order valence-electron chi connectivity index (χ0n) is 18.4. The first-order valence-electron chi connectivity index (χ1n) is 10.9. The number of ether oxygens (including phenoxy) is 1. The highest BCUT2D eigenvalue weighted by atomic mass is 35.5. The Labute approximate surface area is 217 Å². The van der Waals surface area contributed by atoms with Crippen LogP contribution in [0.25, 0.3) is 16.8 Å². The maximum Gasteiger partial charge on any atom is 0.293 e. The quantitative estimate of drug-likeness (QED) is 0.242. The highest BCUT2D eigenvalue weighted by Gasteiger charge is 2.35. The minimum absolute atomic E-state index is 0.117. The van der Waals surface area contributed by atoms with E-state index < -0.39 is 0 Å².